The van der Waals surface area contributed by atoms with Gasteiger partial charge in [0.2, 0.25) is 0 Å². The van der Waals surface area contributed by atoms with Gasteiger partial charge in [-0.2, -0.15) is 0 Å². The van der Waals surface area contributed by atoms with Crippen molar-refractivity contribution in [3.8, 4) is 0 Å². The van der Waals surface area contributed by atoms with Crippen molar-refractivity contribution >= 4 is 0 Å². The van der Waals surface area contributed by atoms with E-state index in [2.05, 4.69) is 38.6 Å². The number of hydrogen-bond acceptors (Lipinski definition) is 0. The lowest BCUT2D eigenvalue weighted by molar-refractivity contribution is 1.09. The minimum Gasteiger partial charge on any atom is -0.100 e. The van der Waals surface area contributed by atoms with Crippen LogP contribution in [-0.2, 0) is 0 Å². The van der Waals surface area contributed by atoms with Gasteiger partial charge in [-0.15, -0.1) is 6.58 Å². The molecule has 0 saturated heterocycles. The van der Waals surface area contributed by atoms with E-state index in [1.807, 2.05) is 13.8 Å². The molecular formula is C15H22. The molecule has 0 bridgehead atoms. The van der Waals surface area contributed by atoms with Crippen molar-refractivity contribution in [1.82, 2.24) is 0 Å². The first-order valence-corrected chi connectivity index (χ1v) is 5.70. The van der Waals surface area contributed by atoms with E-state index >= 15 is 0 Å². The second-order valence-electron chi connectivity index (χ2n) is 4.84. The zero-order valence-electron chi connectivity index (χ0n) is 10.4. The fourth-order valence-corrected chi connectivity index (χ4v) is 1.59. The maximum absolute atomic E-state index is 3.56. The molecule has 82 valence electrons. The Kier molecular flexibility index (Phi) is 4.14. The predicted octanol–water partition coefficient (Wildman–Crippen LogP) is 4.76. The summed E-state index contributed by atoms with van der Waals surface area (Å²) < 4.78 is 0. The monoisotopic (exact) mass is 202 g/mol. The second-order valence-corrected chi connectivity index (χ2v) is 4.84. The molecule has 1 aliphatic rings. The van der Waals surface area contributed by atoms with Gasteiger partial charge in [-0.1, -0.05) is 29.3 Å². The van der Waals surface area contributed by atoms with Gasteiger partial charge < -0.3 is 0 Å². The molecule has 0 amide bonds. The van der Waals surface area contributed by atoms with Gasteiger partial charge in [-0.25, -0.2) is 0 Å². The van der Waals surface area contributed by atoms with E-state index in [1.165, 1.54) is 29.5 Å². The Bertz CT molecular complexity index is 339. The van der Waals surface area contributed by atoms with Crippen molar-refractivity contribution < 1.29 is 0 Å². The minimum atomic E-state index is 0.898. The van der Waals surface area contributed by atoms with Crippen molar-refractivity contribution in [1.29, 1.82) is 0 Å². The molecule has 0 aliphatic heterocycles. The molecule has 0 unspecified atom stereocenters. The van der Waals surface area contributed by atoms with Gasteiger partial charge in [-0.05, 0) is 57.6 Å². The lowest BCUT2D eigenvalue weighted by Crippen LogP contribution is -1.86. The first-order chi connectivity index (χ1) is 7.00. The van der Waals surface area contributed by atoms with E-state index in [-0.39, 0.29) is 0 Å². The van der Waals surface area contributed by atoms with E-state index in [1.54, 1.807) is 5.56 Å². The van der Waals surface area contributed by atoms with E-state index in [0.717, 1.165) is 5.92 Å². The fraction of sp³-hybridized carbons (Fsp3) is 0.467. The average molecular weight is 202 g/mol. The first-order valence-electron chi connectivity index (χ1n) is 5.70. The van der Waals surface area contributed by atoms with Crippen LogP contribution in [0.3, 0.4) is 0 Å². The summed E-state index contributed by atoms with van der Waals surface area (Å²) in [6.07, 6.45) is 2.81. The molecule has 0 heteroatoms. The van der Waals surface area contributed by atoms with Gasteiger partial charge in [0.25, 0.3) is 0 Å². The third kappa shape index (κ3) is 4.33. The molecule has 0 heterocycles. The van der Waals surface area contributed by atoms with Gasteiger partial charge in [0.15, 0.2) is 0 Å². The third-order valence-electron chi connectivity index (χ3n) is 2.45. The Labute approximate surface area is 94.0 Å². The molecule has 1 fully saturated rings. The summed E-state index contributed by atoms with van der Waals surface area (Å²) in [5.74, 6) is 0.898. The van der Waals surface area contributed by atoms with Crippen molar-refractivity contribution in [2.24, 2.45) is 0 Å². The molecule has 0 aromatic heterocycles. The number of rotatable bonds is 1. The maximum Gasteiger partial charge on any atom is -0.0159 e. The van der Waals surface area contributed by atoms with Gasteiger partial charge in [0, 0.05) is 0 Å². The standard InChI is InChI=1S/C11H14.C4H8/c1-8-3-4-9(2)11(7-8)10-5-6-10;1-4(2)3/h3-4,7,10H,5-6H2,1-2H3;1H2,2-3H3. The molecule has 2 rings (SSSR count). The van der Waals surface area contributed by atoms with Crippen molar-refractivity contribution in [2.75, 3.05) is 0 Å². The molecule has 0 nitrogen and oxygen atoms in total. The van der Waals surface area contributed by atoms with Crippen LogP contribution in [0.15, 0.2) is 30.4 Å². The molecule has 1 aromatic rings. The lowest BCUT2D eigenvalue weighted by Gasteiger charge is -2.03. The highest BCUT2D eigenvalue weighted by Crippen LogP contribution is 2.41. The van der Waals surface area contributed by atoms with Crippen LogP contribution in [0.4, 0.5) is 0 Å². The van der Waals surface area contributed by atoms with Gasteiger partial charge >= 0.3 is 0 Å². The van der Waals surface area contributed by atoms with Crippen LogP contribution in [0, 0.1) is 13.8 Å². The predicted molar refractivity (Wildman–Crippen MR) is 68.4 cm³/mol. The van der Waals surface area contributed by atoms with E-state index in [4.69, 9.17) is 0 Å². The highest BCUT2D eigenvalue weighted by Gasteiger charge is 2.24. The maximum atomic E-state index is 3.56. The molecule has 1 saturated carbocycles. The quantitative estimate of drug-likeness (QED) is 0.576. The van der Waals surface area contributed by atoms with Crippen molar-refractivity contribution in [3.63, 3.8) is 0 Å². The van der Waals surface area contributed by atoms with E-state index in [0.29, 0.717) is 0 Å². The minimum absolute atomic E-state index is 0.898. The Morgan fingerprint density at radius 3 is 2.20 bits per heavy atom. The fourth-order valence-electron chi connectivity index (χ4n) is 1.59. The van der Waals surface area contributed by atoms with Gasteiger partial charge in [0.1, 0.15) is 0 Å². The normalized spacial score (nSPS) is 14.1. The Hall–Kier alpha value is -1.04. The number of aryl methyl sites for hydroxylation is 2. The molecule has 1 aromatic carbocycles. The van der Waals surface area contributed by atoms with Gasteiger partial charge in [0.05, 0.1) is 0 Å². The van der Waals surface area contributed by atoms with E-state index in [9.17, 15) is 0 Å². The zero-order chi connectivity index (χ0) is 11.4. The summed E-state index contributed by atoms with van der Waals surface area (Å²) in [5.41, 5.74) is 5.63. The summed E-state index contributed by atoms with van der Waals surface area (Å²) >= 11 is 0. The zero-order valence-corrected chi connectivity index (χ0v) is 10.4. The van der Waals surface area contributed by atoms with Crippen LogP contribution in [0.1, 0.15) is 49.3 Å². The largest absolute Gasteiger partial charge is 0.100 e. The van der Waals surface area contributed by atoms with Crippen LogP contribution in [0.25, 0.3) is 0 Å². The van der Waals surface area contributed by atoms with E-state index < -0.39 is 0 Å². The van der Waals surface area contributed by atoms with Gasteiger partial charge in [-0.3, -0.25) is 0 Å². The molecule has 0 N–H and O–H groups in total. The van der Waals surface area contributed by atoms with Crippen LogP contribution in [0.2, 0.25) is 0 Å². The van der Waals surface area contributed by atoms with Crippen LogP contribution < -0.4 is 0 Å². The van der Waals surface area contributed by atoms with Crippen LogP contribution in [0.5, 0.6) is 0 Å². The summed E-state index contributed by atoms with van der Waals surface area (Å²) in [6.45, 7) is 11.9. The lowest BCUT2D eigenvalue weighted by atomic mass is 10.0. The van der Waals surface area contributed by atoms with Crippen molar-refractivity contribution in [2.45, 2.75) is 46.5 Å². The Balaban J connectivity index is 0.000000245. The number of allylic oxidation sites excluding steroid dienone is 1. The molecular weight excluding hydrogens is 180 g/mol. The smallest absolute Gasteiger partial charge is 0.0159 e. The summed E-state index contributed by atoms with van der Waals surface area (Å²) in [5, 5.41) is 0. The highest BCUT2D eigenvalue weighted by molar-refractivity contribution is 5.35. The molecule has 0 spiro atoms. The number of hydrogen-bond donors (Lipinski definition) is 0. The Morgan fingerprint density at radius 1 is 1.20 bits per heavy atom. The molecule has 1 aliphatic carbocycles. The SMILES string of the molecule is C=C(C)C.Cc1ccc(C)c(C2CC2)c1. The summed E-state index contributed by atoms with van der Waals surface area (Å²) in [4.78, 5) is 0. The number of benzene rings is 1. The summed E-state index contributed by atoms with van der Waals surface area (Å²) in [7, 11) is 0. The van der Waals surface area contributed by atoms with Crippen LogP contribution in [-0.4, -0.2) is 0 Å². The topological polar surface area (TPSA) is 0 Å². The highest BCUT2D eigenvalue weighted by atomic mass is 14.3. The van der Waals surface area contributed by atoms with Crippen LogP contribution >= 0.6 is 0 Å². The average Bonchev–Trinajstić information content (AvgIpc) is 2.91. The first kappa shape index (κ1) is 12.0. The summed E-state index contributed by atoms with van der Waals surface area (Å²) in [6, 6.07) is 6.78. The molecule has 15 heavy (non-hydrogen) atoms. The Morgan fingerprint density at radius 2 is 1.73 bits per heavy atom. The second kappa shape index (κ2) is 5.16. The van der Waals surface area contributed by atoms with Crippen molar-refractivity contribution in [3.05, 3.63) is 47.0 Å². The third-order valence-corrected chi connectivity index (χ3v) is 2.45. The molecule has 0 atom stereocenters. The molecule has 0 radical (unpaired) electrons.